The monoisotopic (exact) mass is 230 g/mol. The SMILES string of the molecule is CCc1ccc2cnn(C3CCCCO3)c2c1. The van der Waals surface area contributed by atoms with Gasteiger partial charge in [-0.05, 0) is 37.3 Å². The third-order valence-corrected chi connectivity index (χ3v) is 3.50. The molecule has 1 unspecified atom stereocenters. The molecule has 1 aromatic heterocycles. The van der Waals surface area contributed by atoms with Crippen molar-refractivity contribution < 1.29 is 4.74 Å². The molecule has 0 saturated carbocycles. The van der Waals surface area contributed by atoms with Crippen LogP contribution in [0.2, 0.25) is 0 Å². The van der Waals surface area contributed by atoms with Gasteiger partial charge in [0.1, 0.15) is 0 Å². The van der Waals surface area contributed by atoms with Crippen molar-refractivity contribution in [1.29, 1.82) is 0 Å². The molecule has 90 valence electrons. The lowest BCUT2D eigenvalue weighted by Gasteiger charge is -2.23. The molecule has 3 rings (SSSR count). The van der Waals surface area contributed by atoms with Gasteiger partial charge in [0.25, 0.3) is 0 Å². The van der Waals surface area contributed by atoms with Crippen LogP contribution in [0.4, 0.5) is 0 Å². The van der Waals surface area contributed by atoms with E-state index in [9.17, 15) is 0 Å². The summed E-state index contributed by atoms with van der Waals surface area (Å²) in [6.07, 6.45) is 6.62. The fraction of sp³-hybridized carbons (Fsp3) is 0.500. The summed E-state index contributed by atoms with van der Waals surface area (Å²) < 4.78 is 7.85. The fourth-order valence-corrected chi connectivity index (χ4v) is 2.45. The maximum Gasteiger partial charge on any atom is 0.150 e. The van der Waals surface area contributed by atoms with Gasteiger partial charge >= 0.3 is 0 Å². The summed E-state index contributed by atoms with van der Waals surface area (Å²) in [6.45, 7) is 3.04. The number of nitrogens with zero attached hydrogens (tertiary/aromatic N) is 2. The van der Waals surface area contributed by atoms with Crippen LogP contribution < -0.4 is 0 Å². The highest BCUT2D eigenvalue weighted by Crippen LogP contribution is 2.26. The van der Waals surface area contributed by atoms with Gasteiger partial charge in [-0.25, -0.2) is 4.68 Å². The van der Waals surface area contributed by atoms with Gasteiger partial charge in [-0.3, -0.25) is 0 Å². The van der Waals surface area contributed by atoms with E-state index in [1.807, 2.05) is 10.9 Å². The molecule has 1 aliphatic heterocycles. The molecule has 1 fully saturated rings. The number of fused-ring (bicyclic) bond motifs is 1. The first-order chi connectivity index (χ1) is 8.38. The molecule has 0 aliphatic carbocycles. The van der Waals surface area contributed by atoms with Crippen molar-refractivity contribution in [2.45, 2.75) is 38.8 Å². The number of hydrogen-bond acceptors (Lipinski definition) is 2. The average Bonchev–Trinajstić information content (AvgIpc) is 2.82. The van der Waals surface area contributed by atoms with Crippen molar-refractivity contribution in [2.24, 2.45) is 0 Å². The van der Waals surface area contributed by atoms with Gasteiger partial charge in [-0.2, -0.15) is 5.10 Å². The maximum atomic E-state index is 5.80. The smallest absolute Gasteiger partial charge is 0.150 e. The van der Waals surface area contributed by atoms with Crippen molar-refractivity contribution in [3.8, 4) is 0 Å². The van der Waals surface area contributed by atoms with E-state index < -0.39 is 0 Å². The van der Waals surface area contributed by atoms with Crippen LogP contribution in [0.25, 0.3) is 10.9 Å². The highest BCUT2D eigenvalue weighted by molar-refractivity contribution is 5.79. The zero-order chi connectivity index (χ0) is 11.7. The summed E-state index contributed by atoms with van der Waals surface area (Å²) in [6, 6.07) is 6.57. The number of aromatic nitrogens is 2. The van der Waals surface area contributed by atoms with E-state index in [-0.39, 0.29) is 6.23 Å². The second-order valence-electron chi connectivity index (χ2n) is 4.66. The van der Waals surface area contributed by atoms with Crippen molar-refractivity contribution in [3.05, 3.63) is 30.0 Å². The molecule has 2 aromatic rings. The Morgan fingerprint density at radius 2 is 2.35 bits per heavy atom. The number of rotatable bonds is 2. The molecule has 0 N–H and O–H groups in total. The van der Waals surface area contributed by atoms with E-state index in [2.05, 4.69) is 30.2 Å². The van der Waals surface area contributed by atoms with Gasteiger partial charge in [0, 0.05) is 12.0 Å². The molecule has 3 nitrogen and oxygen atoms in total. The molecule has 1 saturated heterocycles. The van der Waals surface area contributed by atoms with Crippen molar-refractivity contribution in [2.75, 3.05) is 6.61 Å². The minimum atomic E-state index is 0.133. The molecular formula is C14H18N2O. The number of hydrogen-bond donors (Lipinski definition) is 0. The van der Waals surface area contributed by atoms with E-state index in [1.54, 1.807) is 0 Å². The second-order valence-corrected chi connectivity index (χ2v) is 4.66. The first-order valence-electron chi connectivity index (χ1n) is 6.46. The van der Waals surface area contributed by atoms with Gasteiger partial charge in [0.05, 0.1) is 11.7 Å². The zero-order valence-corrected chi connectivity index (χ0v) is 10.2. The Hall–Kier alpha value is -1.35. The van der Waals surface area contributed by atoms with Crippen molar-refractivity contribution >= 4 is 10.9 Å². The number of benzene rings is 1. The van der Waals surface area contributed by atoms with Crippen molar-refractivity contribution in [3.63, 3.8) is 0 Å². The topological polar surface area (TPSA) is 27.1 Å². The summed E-state index contributed by atoms with van der Waals surface area (Å²) >= 11 is 0. The van der Waals surface area contributed by atoms with Crippen LogP contribution in [0.15, 0.2) is 24.4 Å². The lowest BCUT2D eigenvalue weighted by molar-refractivity contribution is -0.0366. The molecule has 0 bridgehead atoms. The van der Waals surface area contributed by atoms with Crippen molar-refractivity contribution in [1.82, 2.24) is 9.78 Å². The lowest BCUT2D eigenvalue weighted by atomic mass is 10.1. The minimum absolute atomic E-state index is 0.133. The maximum absolute atomic E-state index is 5.80. The fourth-order valence-electron chi connectivity index (χ4n) is 2.45. The Labute approximate surface area is 101 Å². The van der Waals surface area contributed by atoms with Crippen LogP contribution in [-0.4, -0.2) is 16.4 Å². The summed E-state index contributed by atoms with van der Waals surface area (Å²) in [4.78, 5) is 0. The quantitative estimate of drug-likeness (QED) is 0.791. The predicted octanol–water partition coefficient (Wildman–Crippen LogP) is 3.30. The molecule has 2 heterocycles. The first kappa shape index (κ1) is 10.8. The standard InChI is InChI=1S/C14H18N2O/c1-2-11-6-7-12-10-15-16(13(12)9-11)14-5-3-4-8-17-14/h6-7,9-10,14H,2-5,8H2,1H3. The Balaban J connectivity index is 2.02. The summed E-state index contributed by atoms with van der Waals surface area (Å²) in [5, 5.41) is 5.69. The Morgan fingerprint density at radius 3 is 3.12 bits per heavy atom. The van der Waals surface area contributed by atoms with Gasteiger partial charge in [-0.1, -0.05) is 19.1 Å². The molecule has 1 aromatic carbocycles. The van der Waals surface area contributed by atoms with E-state index in [1.165, 1.54) is 29.3 Å². The van der Waals surface area contributed by atoms with Crippen LogP contribution in [0.1, 0.15) is 38.0 Å². The van der Waals surface area contributed by atoms with E-state index in [0.29, 0.717) is 0 Å². The molecule has 3 heteroatoms. The highest BCUT2D eigenvalue weighted by Gasteiger charge is 2.18. The molecule has 0 radical (unpaired) electrons. The summed E-state index contributed by atoms with van der Waals surface area (Å²) in [7, 11) is 0. The summed E-state index contributed by atoms with van der Waals surface area (Å²) in [5.74, 6) is 0. The van der Waals surface area contributed by atoms with E-state index >= 15 is 0 Å². The highest BCUT2D eigenvalue weighted by atomic mass is 16.5. The molecule has 17 heavy (non-hydrogen) atoms. The molecule has 1 aliphatic rings. The number of aryl methyl sites for hydroxylation is 1. The van der Waals surface area contributed by atoms with Gasteiger partial charge < -0.3 is 4.74 Å². The summed E-state index contributed by atoms with van der Waals surface area (Å²) in [5.41, 5.74) is 2.56. The van der Waals surface area contributed by atoms with Gasteiger partial charge in [-0.15, -0.1) is 0 Å². The van der Waals surface area contributed by atoms with Crippen LogP contribution in [0.3, 0.4) is 0 Å². The van der Waals surface area contributed by atoms with Gasteiger partial charge in [0.15, 0.2) is 6.23 Å². The lowest BCUT2D eigenvalue weighted by Crippen LogP contribution is -2.18. The van der Waals surface area contributed by atoms with Crippen LogP contribution in [0, 0.1) is 0 Å². The Kier molecular flexibility index (Phi) is 2.85. The molecule has 1 atom stereocenters. The largest absolute Gasteiger partial charge is 0.356 e. The first-order valence-corrected chi connectivity index (χ1v) is 6.46. The zero-order valence-electron chi connectivity index (χ0n) is 10.2. The number of ether oxygens (including phenoxy) is 1. The normalized spacial score (nSPS) is 20.9. The predicted molar refractivity (Wildman–Crippen MR) is 68.0 cm³/mol. The Bertz CT molecular complexity index is 512. The third-order valence-electron chi connectivity index (χ3n) is 3.50. The van der Waals surface area contributed by atoms with Gasteiger partial charge in [0.2, 0.25) is 0 Å². The third kappa shape index (κ3) is 1.95. The Morgan fingerprint density at radius 1 is 1.41 bits per heavy atom. The molecule has 0 amide bonds. The molecule has 0 spiro atoms. The second kappa shape index (κ2) is 4.49. The van der Waals surface area contributed by atoms with E-state index in [4.69, 9.17) is 4.74 Å². The van der Waals surface area contributed by atoms with Crippen LogP contribution >= 0.6 is 0 Å². The average molecular weight is 230 g/mol. The van der Waals surface area contributed by atoms with E-state index in [0.717, 1.165) is 19.4 Å². The van der Waals surface area contributed by atoms with Crippen LogP contribution in [-0.2, 0) is 11.2 Å². The van der Waals surface area contributed by atoms with Crippen LogP contribution in [0.5, 0.6) is 0 Å². The molecular weight excluding hydrogens is 212 g/mol. The minimum Gasteiger partial charge on any atom is -0.356 e.